The van der Waals surface area contributed by atoms with E-state index in [1.165, 1.54) is 6.07 Å². The summed E-state index contributed by atoms with van der Waals surface area (Å²) < 4.78 is 14.8. The zero-order chi connectivity index (χ0) is 14.1. The number of halogens is 2. The highest BCUT2D eigenvalue weighted by atomic mass is 35.5. The van der Waals surface area contributed by atoms with Crippen LogP contribution in [-0.2, 0) is 0 Å². The van der Waals surface area contributed by atoms with Gasteiger partial charge in [0.25, 0.3) is 0 Å². The van der Waals surface area contributed by atoms with Gasteiger partial charge in [-0.15, -0.1) is 0 Å². The highest BCUT2D eigenvalue weighted by Gasteiger charge is 2.23. The van der Waals surface area contributed by atoms with Crippen LogP contribution >= 0.6 is 11.6 Å². The number of hydrogen-bond acceptors (Lipinski definition) is 1. The van der Waals surface area contributed by atoms with Gasteiger partial charge < -0.3 is 5.21 Å². The molecule has 1 aliphatic heterocycles. The first kappa shape index (κ1) is 12.9. The van der Waals surface area contributed by atoms with Crippen LogP contribution in [0.25, 0.3) is 6.08 Å². The van der Waals surface area contributed by atoms with Crippen LogP contribution in [0.15, 0.2) is 48.5 Å². The third-order valence-corrected chi connectivity index (χ3v) is 3.45. The maximum atomic E-state index is 14.0. The number of benzene rings is 2. The number of hydrogen-bond donors (Lipinski definition) is 0. The van der Waals surface area contributed by atoms with Crippen molar-refractivity contribution in [3.63, 3.8) is 0 Å². The highest BCUT2D eigenvalue weighted by Crippen LogP contribution is 2.24. The van der Waals surface area contributed by atoms with Gasteiger partial charge >= 0.3 is 0 Å². The summed E-state index contributed by atoms with van der Waals surface area (Å²) in [4.78, 5) is 0. The van der Waals surface area contributed by atoms with Crippen LogP contribution in [-0.4, -0.2) is 17.0 Å². The van der Waals surface area contributed by atoms with E-state index in [0.29, 0.717) is 16.3 Å². The maximum absolute atomic E-state index is 14.0. The molecule has 0 fully saturated rings. The van der Waals surface area contributed by atoms with E-state index in [4.69, 9.17) is 11.6 Å². The van der Waals surface area contributed by atoms with E-state index in [9.17, 15) is 9.60 Å². The van der Waals surface area contributed by atoms with Gasteiger partial charge in [-0.05, 0) is 35.9 Å². The molecule has 1 aliphatic rings. The fraction of sp³-hybridized carbons (Fsp3) is 0.0625. The summed E-state index contributed by atoms with van der Waals surface area (Å²) in [5, 5.41) is 12.8. The van der Waals surface area contributed by atoms with Gasteiger partial charge in [0.2, 0.25) is 5.71 Å². The lowest BCUT2D eigenvalue weighted by atomic mass is 9.97. The summed E-state index contributed by atoms with van der Waals surface area (Å²) in [6.45, 7) is 0.177. The quantitative estimate of drug-likeness (QED) is 0.578. The van der Waals surface area contributed by atoms with E-state index in [2.05, 4.69) is 0 Å². The first-order valence-corrected chi connectivity index (χ1v) is 6.57. The Morgan fingerprint density at radius 2 is 1.90 bits per heavy atom. The Hall–Kier alpha value is -2.13. The Morgan fingerprint density at radius 1 is 1.10 bits per heavy atom. The smallest absolute Gasteiger partial charge is 0.229 e. The highest BCUT2D eigenvalue weighted by molar-refractivity contribution is 6.31. The van der Waals surface area contributed by atoms with Gasteiger partial charge in [0.1, 0.15) is 5.82 Å². The van der Waals surface area contributed by atoms with Crippen molar-refractivity contribution in [2.75, 3.05) is 6.54 Å². The largest absolute Gasteiger partial charge is 0.623 e. The Morgan fingerprint density at radius 3 is 2.70 bits per heavy atom. The minimum absolute atomic E-state index is 0.177. The number of hydroxylamine groups is 1. The van der Waals surface area contributed by atoms with Gasteiger partial charge in [-0.3, -0.25) is 0 Å². The van der Waals surface area contributed by atoms with E-state index in [-0.39, 0.29) is 12.1 Å². The van der Waals surface area contributed by atoms with Crippen LogP contribution in [0, 0.1) is 11.0 Å². The van der Waals surface area contributed by atoms with Crippen LogP contribution in [0.3, 0.4) is 0 Å². The molecule has 0 spiro atoms. The van der Waals surface area contributed by atoms with Crippen LogP contribution in [0.5, 0.6) is 0 Å². The average molecular weight is 288 g/mol. The normalized spacial score (nSPS) is 14.1. The number of fused-ring (bicyclic) bond motifs is 1. The second-order valence-electron chi connectivity index (χ2n) is 4.52. The molecule has 0 unspecified atom stereocenters. The predicted molar refractivity (Wildman–Crippen MR) is 78.6 cm³/mol. The van der Waals surface area contributed by atoms with Crippen molar-refractivity contribution in [2.45, 2.75) is 0 Å². The van der Waals surface area contributed by atoms with Crippen molar-refractivity contribution in [1.29, 1.82) is 0 Å². The number of rotatable bonds is 1. The Kier molecular flexibility index (Phi) is 3.28. The molecular formula is C16H11ClFNO. The third-order valence-electron chi connectivity index (χ3n) is 3.22. The lowest BCUT2D eigenvalue weighted by Crippen LogP contribution is -2.19. The molecule has 0 amide bonds. The van der Waals surface area contributed by atoms with Crippen molar-refractivity contribution >= 4 is 23.4 Å². The van der Waals surface area contributed by atoms with Crippen LogP contribution in [0.4, 0.5) is 4.39 Å². The standard InChI is InChI=1S/C16H11ClFNO/c17-12-8-7-11-4-3-9-19(20)16(14(11)10-12)13-5-1-2-6-15(13)18/h1-8,10H,9H2. The van der Waals surface area contributed by atoms with Crippen molar-refractivity contribution in [3.05, 3.63) is 81.3 Å². The fourth-order valence-electron chi connectivity index (χ4n) is 2.31. The number of nitrogens with zero attached hydrogens (tertiary/aromatic N) is 1. The topological polar surface area (TPSA) is 26.1 Å². The molecule has 4 heteroatoms. The third kappa shape index (κ3) is 2.21. The molecule has 20 heavy (non-hydrogen) atoms. The van der Waals surface area contributed by atoms with E-state index < -0.39 is 5.82 Å². The van der Waals surface area contributed by atoms with Gasteiger partial charge in [-0.2, -0.15) is 0 Å². The molecule has 0 N–H and O–H groups in total. The SMILES string of the molecule is [O-][N+]1=C(c2ccccc2F)c2cc(Cl)ccc2C=CC1. The summed E-state index contributed by atoms with van der Waals surface area (Å²) >= 11 is 6.02. The van der Waals surface area contributed by atoms with E-state index >= 15 is 0 Å². The molecule has 0 saturated carbocycles. The Labute approximate surface area is 121 Å². The Balaban J connectivity index is 2.30. The van der Waals surface area contributed by atoms with Gasteiger partial charge in [-0.25, -0.2) is 9.13 Å². The summed E-state index contributed by atoms with van der Waals surface area (Å²) in [5.74, 6) is -0.420. The van der Waals surface area contributed by atoms with Crippen molar-refractivity contribution in [2.24, 2.45) is 0 Å². The molecule has 0 radical (unpaired) electrons. The van der Waals surface area contributed by atoms with E-state index in [1.807, 2.05) is 12.1 Å². The average Bonchev–Trinajstić information content (AvgIpc) is 2.58. The lowest BCUT2D eigenvalue weighted by molar-refractivity contribution is -0.444. The molecule has 2 nitrogen and oxygen atoms in total. The summed E-state index contributed by atoms with van der Waals surface area (Å²) in [6, 6.07) is 11.5. The molecule has 2 aromatic rings. The van der Waals surface area contributed by atoms with Crippen molar-refractivity contribution < 1.29 is 9.13 Å². The summed E-state index contributed by atoms with van der Waals surface area (Å²) in [6.07, 6.45) is 3.61. The summed E-state index contributed by atoms with van der Waals surface area (Å²) in [7, 11) is 0. The molecule has 3 rings (SSSR count). The van der Waals surface area contributed by atoms with E-state index in [0.717, 1.165) is 10.3 Å². The van der Waals surface area contributed by atoms with E-state index in [1.54, 1.807) is 36.4 Å². The second kappa shape index (κ2) is 5.10. The molecule has 0 saturated heterocycles. The zero-order valence-electron chi connectivity index (χ0n) is 10.5. The molecular weight excluding hydrogens is 277 g/mol. The van der Waals surface area contributed by atoms with Crippen LogP contribution in [0.2, 0.25) is 5.02 Å². The van der Waals surface area contributed by atoms with Gasteiger partial charge in [0.15, 0.2) is 6.54 Å². The first-order valence-electron chi connectivity index (χ1n) is 6.20. The molecule has 2 aromatic carbocycles. The zero-order valence-corrected chi connectivity index (χ0v) is 11.3. The van der Waals surface area contributed by atoms with Crippen molar-refractivity contribution in [3.8, 4) is 0 Å². The predicted octanol–water partition coefficient (Wildman–Crippen LogP) is 3.85. The van der Waals surface area contributed by atoms with Crippen LogP contribution in [0.1, 0.15) is 16.7 Å². The van der Waals surface area contributed by atoms with Crippen LogP contribution < -0.4 is 0 Å². The molecule has 0 bridgehead atoms. The molecule has 0 atom stereocenters. The fourth-order valence-corrected chi connectivity index (χ4v) is 2.48. The molecule has 100 valence electrons. The first-order chi connectivity index (χ1) is 9.66. The van der Waals surface area contributed by atoms with Gasteiger partial charge in [-0.1, -0.05) is 35.9 Å². The molecule has 0 aromatic heterocycles. The monoisotopic (exact) mass is 287 g/mol. The lowest BCUT2D eigenvalue weighted by Gasteiger charge is -2.11. The maximum Gasteiger partial charge on any atom is 0.229 e. The van der Waals surface area contributed by atoms with Crippen molar-refractivity contribution in [1.82, 2.24) is 0 Å². The minimum Gasteiger partial charge on any atom is -0.623 e. The summed E-state index contributed by atoms with van der Waals surface area (Å²) in [5.41, 5.74) is 2.10. The molecule has 0 aliphatic carbocycles. The van der Waals surface area contributed by atoms with Gasteiger partial charge in [0, 0.05) is 5.02 Å². The molecule has 1 heterocycles. The Bertz CT molecular complexity index is 737. The second-order valence-corrected chi connectivity index (χ2v) is 4.96. The van der Waals surface area contributed by atoms with Gasteiger partial charge in [0.05, 0.1) is 11.1 Å². The minimum atomic E-state index is -0.420.